The molecule has 15 heteroatoms. The average molecular weight is 641 g/mol. The number of benzene rings is 2. The van der Waals surface area contributed by atoms with Crippen LogP contribution in [-0.4, -0.2) is 46.9 Å². The van der Waals surface area contributed by atoms with Crippen molar-refractivity contribution in [3.63, 3.8) is 0 Å². The summed E-state index contributed by atoms with van der Waals surface area (Å²) in [6.45, 7) is 1.19. The number of aliphatic hydroxyl groups excluding tert-OH is 1. The molecule has 2 aromatic rings. The number of carbonyl (C=O) groups excluding carboxylic acids is 2. The Morgan fingerprint density at radius 2 is 1.67 bits per heavy atom. The van der Waals surface area contributed by atoms with E-state index in [4.69, 9.17) is 4.65 Å². The molecule has 5 rings (SSSR count). The van der Waals surface area contributed by atoms with Gasteiger partial charge in [-0.2, -0.15) is 26.3 Å². The Morgan fingerprint density at radius 3 is 2.24 bits per heavy atom. The molecule has 4 atom stereocenters. The Labute approximate surface area is 252 Å². The van der Waals surface area contributed by atoms with Gasteiger partial charge in [0.25, 0.3) is 0 Å². The van der Waals surface area contributed by atoms with E-state index in [1.807, 2.05) is 0 Å². The van der Waals surface area contributed by atoms with Crippen LogP contribution in [0.3, 0.4) is 0 Å². The molecule has 3 N–H and O–H groups in total. The fourth-order valence-electron chi connectivity index (χ4n) is 6.56. The highest BCUT2D eigenvalue weighted by Crippen LogP contribution is 2.52. The summed E-state index contributed by atoms with van der Waals surface area (Å²) < 4.78 is 101. The van der Waals surface area contributed by atoms with Crippen LogP contribution in [0.15, 0.2) is 53.1 Å². The third kappa shape index (κ3) is 6.38. The number of nitrogens with zero attached hydrogens (tertiary/aromatic N) is 1. The number of aromatic hydroxyl groups is 1. The number of amides is 2. The highest BCUT2D eigenvalue weighted by molar-refractivity contribution is 6.43. The van der Waals surface area contributed by atoms with Crippen molar-refractivity contribution in [1.29, 1.82) is 0 Å². The van der Waals surface area contributed by atoms with Crippen molar-refractivity contribution in [2.45, 2.75) is 51.0 Å². The molecule has 45 heavy (non-hydrogen) atoms. The predicted octanol–water partition coefficient (Wildman–Crippen LogP) is 5.75. The maximum absolute atomic E-state index is 13.8. The first kappa shape index (κ1) is 32.7. The van der Waals surface area contributed by atoms with Gasteiger partial charge in [-0.25, -0.2) is 9.29 Å². The van der Waals surface area contributed by atoms with Crippen molar-refractivity contribution in [2.24, 2.45) is 17.8 Å². The van der Waals surface area contributed by atoms with Crippen LogP contribution in [-0.2, 0) is 26.6 Å². The largest absolute Gasteiger partial charge is 0.505 e. The van der Waals surface area contributed by atoms with Gasteiger partial charge in [-0.3, -0.25) is 9.59 Å². The van der Waals surface area contributed by atoms with E-state index in [0.717, 1.165) is 11.6 Å². The van der Waals surface area contributed by atoms with Crippen molar-refractivity contribution >= 4 is 30.7 Å². The van der Waals surface area contributed by atoms with E-state index in [2.05, 4.69) is 0 Å². The van der Waals surface area contributed by atoms with E-state index in [9.17, 15) is 55.6 Å². The molecule has 2 aliphatic heterocycles. The minimum absolute atomic E-state index is 0.0981. The Balaban J connectivity index is 1.46. The van der Waals surface area contributed by atoms with E-state index in [1.54, 1.807) is 13.0 Å². The quantitative estimate of drug-likeness (QED) is 0.161. The molecule has 0 radical (unpaired) electrons. The number of phenols is 1. The minimum Gasteiger partial charge on any atom is -0.505 e. The summed E-state index contributed by atoms with van der Waals surface area (Å²) in [4.78, 5) is 27.6. The van der Waals surface area contributed by atoms with E-state index in [1.165, 1.54) is 12.1 Å². The molecule has 2 aromatic carbocycles. The van der Waals surface area contributed by atoms with Gasteiger partial charge in [-0.1, -0.05) is 17.7 Å². The molecule has 0 aromatic heterocycles. The van der Waals surface area contributed by atoms with Crippen molar-refractivity contribution in [3.05, 3.63) is 75.6 Å². The van der Waals surface area contributed by atoms with Crippen molar-refractivity contribution in [3.8, 4) is 5.75 Å². The molecule has 2 amide bonds. The van der Waals surface area contributed by atoms with Gasteiger partial charge < -0.3 is 19.9 Å². The van der Waals surface area contributed by atoms with Crippen molar-refractivity contribution in [1.82, 2.24) is 0 Å². The molecule has 2 heterocycles. The number of imide groups is 1. The van der Waals surface area contributed by atoms with Crippen LogP contribution in [0.2, 0.25) is 6.32 Å². The van der Waals surface area contributed by atoms with Crippen LogP contribution in [0.5, 0.6) is 5.75 Å². The molecule has 2 fully saturated rings. The second-order valence-corrected chi connectivity index (χ2v) is 11.5. The maximum Gasteiger partial charge on any atom is 0.455 e. The van der Waals surface area contributed by atoms with E-state index in [0.29, 0.717) is 40.2 Å². The maximum atomic E-state index is 13.8. The normalized spacial score (nSPS) is 24.4. The number of aliphatic hydroxyl groups is 1. The van der Waals surface area contributed by atoms with Gasteiger partial charge in [-0.15, -0.1) is 0 Å². The number of fused-ring (bicyclic) bond motifs is 3. The summed E-state index contributed by atoms with van der Waals surface area (Å²) in [5, 5.41) is 30.2. The number of anilines is 1. The Bertz CT molecular complexity index is 1560. The topological polar surface area (TPSA) is 107 Å². The third-order valence-electron chi connectivity index (χ3n) is 8.52. The molecular formula is C30H27BF7NO6. The Morgan fingerprint density at radius 1 is 1.02 bits per heavy atom. The van der Waals surface area contributed by atoms with E-state index in [-0.39, 0.29) is 25.2 Å². The summed E-state index contributed by atoms with van der Waals surface area (Å²) >= 11 is 0. The van der Waals surface area contributed by atoms with Crippen molar-refractivity contribution < 1.29 is 60.2 Å². The molecule has 0 unspecified atom stereocenters. The van der Waals surface area contributed by atoms with Gasteiger partial charge in [0.05, 0.1) is 41.4 Å². The number of allylic oxidation sites excluding steroid dienone is 1. The monoisotopic (exact) mass is 641 g/mol. The standard InChI is InChI=1S/C30H27BF7NO6/c1-14(6-15-3-4-23(41)22(32)7-15)2-5-24-25-16(13-40)8-20-26(21(25)12-31(44)45-24)28(43)39(27(20)42)19-10-17(29(33,34)35)9-18(11-19)30(36,37)38/h3-4,6-7,9-11,20-21,24,26,40-41,44H,2,5,8,12-13H2,1H3/b14-6+/t20-,21+,24-,26-/m1/s1. The number of hydrogen-bond donors (Lipinski definition) is 3. The number of hydrogen-bond acceptors (Lipinski definition) is 6. The molecule has 0 spiro atoms. The van der Waals surface area contributed by atoms with Crippen molar-refractivity contribution in [2.75, 3.05) is 11.5 Å². The van der Waals surface area contributed by atoms with E-state index >= 15 is 0 Å². The molecule has 240 valence electrons. The zero-order valence-corrected chi connectivity index (χ0v) is 23.6. The minimum atomic E-state index is -5.20. The van der Waals surface area contributed by atoms with Gasteiger partial charge in [0, 0.05) is 0 Å². The first-order chi connectivity index (χ1) is 21.0. The molecule has 0 bridgehead atoms. The first-order valence-corrected chi connectivity index (χ1v) is 14.0. The smallest absolute Gasteiger partial charge is 0.455 e. The number of rotatable bonds is 6. The first-order valence-electron chi connectivity index (χ1n) is 14.0. The van der Waals surface area contributed by atoms with Crippen LogP contribution in [0.4, 0.5) is 36.4 Å². The summed E-state index contributed by atoms with van der Waals surface area (Å²) in [5.74, 6) is -6.61. The van der Waals surface area contributed by atoms with Gasteiger partial charge >= 0.3 is 19.5 Å². The predicted molar refractivity (Wildman–Crippen MR) is 147 cm³/mol. The van der Waals surface area contributed by atoms with Gasteiger partial charge in [0.2, 0.25) is 11.8 Å². The van der Waals surface area contributed by atoms with Gasteiger partial charge in [0.15, 0.2) is 11.6 Å². The second kappa shape index (κ2) is 11.9. The SMILES string of the molecule is C/C(=C\c1ccc(O)c(F)c1)CC[C@H]1OB(O)C[C@H]2C1=C(CO)C[C@H]1C(=O)N(c3cc(C(F)(F)F)cc(C(F)(F)F)c3)C(=O)[C@H]12. The number of phenolic OH excluding ortho intramolecular Hbond substituents is 1. The average Bonchev–Trinajstić information content (AvgIpc) is 3.21. The van der Waals surface area contributed by atoms with Crippen LogP contribution < -0.4 is 4.90 Å². The third-order valence-corrected chi connectivity index (χ3v) is 8.52. The number of halogens is 7. The highest BCUT2D eigenvalue weighted by Gasteiger charge is 2.58. The lowest BCUT2D eigenvalue weighted by Crippen LogP contribution is -2.46. The van der Waals surface area contributed by atoms with Gasteiger partial charge in [-0.05, 0) is 85.5 Å². The molecule has 2 saturated heterocycles. The van der Waals surface area contributed by atoms with Gasteiger partial charge in [0.1, 0.15) is 0 Å². The molecule has 1 aliphatic carbocycles. The number of alkyl halides is 6. The second-order valence-electron chi connectivity index (χ2n) is 11.5. The van der Waals surface area contributed by atoms with Crippen LogP contribution >= 0.6 is 0 Å². The van der Waals surface area contributed by atoms with Crippen LogP contribution in [0.25, 0.3) is 6.08 Å². The fraction of sp³-hybridized carbons (Fsp3) is 0.400. The summed E-state index contributed by atoms with van der Waals surface area (Å²) in [6, 6.07) is 4.38. The van der Waals surface area contributed by atoms with Crippen LogP contribution in [0.1, 0.15) is 42.9 Å². The summed E-state index contributed by atoms with van der Waals surface area (Å²) in [5.41, 5.74) is -2.22. The molecule has 0 saturated carbocycles. The highest BCUT2D eigenvalue weighted by atomic mass is 19.4. The Hall–Kier alpha value is -3.69. The molecular weight excluding hydrogens is 614 g/mol. The zero-order valence-electron chi connectivity index (χ0n) is 23.6. The lowest BCUT2D eigenvalue weighted by atomic mass is 9.58. The Kier molecular flexibility index (Phi) is 8.66. The lowest BCUT2D eigenvalue weighted by Gasteiger charge is -2.42. The fourth-order valence-corrected chi connectivity index (χ4v) is 6.56. The number of carbonyl (C=O) groups is 2. The van der Waals surface area contributed by atoms with Crippen LogP contribution in [0, 0.1) is 23.6 Å². The summed E-state index contributed by atoms with van der Waals surface area (Å²) in [7, 11) is -1.42. The molecule has 7 nitrogen and oxygen atoms in total. The zero-order chi connectivity index (χ0) is 33.0. The lowest BCUT2D eigenvalue weighted by molar-refractivity contribution is -0.143. The summed E-state index contributed by atoms with van der Waals surface area (Å²) in [6.07, 6.45) is -9.39. The molecule has 3 aliphatic rings. The van der Waals surface area contributed by atoms with E-state index < -0.39 is 90.1 Å².